The topological polar surface area (TPSA) is 47.1 Å². The van der Waals surface area contributed by atoms with Gasteiger partial charge in [0.05, 0.1) is 0 Å². The van der Waals surface area contributed by atoms with Gasteiger partial charge in [-0.1, -0.05) is 0 Å². The van der Waals surface area contributed by atoms with Gasteiger partial charge in [-0.15, -0.1) is 0 Å². The van der Waals surface area contributed by atoms with E-state index >= 15 is 0 Å². The lowest BCUT2D eigenvalue weighted by Crippen LogP contribution is -2.23. The van der Waals surface area contributed by atoms with E-state index in [4.69, 9.17) is 9.47 Å². The lowest BCUT2D eigenvalue weighted by atomic mass is 10.2. The molecule has 0 bridgehead atoms. The van der Waals surface area contributed by atoms with Crippen LogP contribution in [0.3, 0.4) is 0 Å². The van der Waals surface area contributed by atoms with E-state index in [1.54, 1.807) is 12.4 Å². The van der Waals surface area contributed by atoms with Crippen LogP contribution in [0.1, 0.15) is 38.1 Å². The molecule has 1 aromatic heterocycles. The number of rotatable bonds is 3. The summed E-state index contributed by atoms with van der Waals surface area (Å²) in [5.74, 6) is 0.860. The summed E-state index contributed by atoms with van der Waals surface area (Å²) in [5.41, 5.74) is 0. The molecule has 1 N–H and O–H groups in total. The van der Waals surface area contributed by atoms with Crippen LogP contribution in [0.4, 0.5) is 0 Å². The van der Waals surface area contributed by atoms with Crippen LogP contribution in [0.15, 0.2) is 12.4 Å². The fourth-order valence-electron chi connectivity index (χ4n) is 1.61. The molecule has 0 aromatic carbocycles. The molecule has 1 aliphatic heterocycles. The van der Waals surface area contributed by atoms with Crippen LogP contribution in [-0.2, 0) is 9.47 Å². The Hall–Kier alpha value is -0.870. The maximum Gasteiger partial charge on any atom is 0.158 e. The van der Waals surface area contributed by atoms with Crippen molar-refractivity contribution in [1.82, 2.24) is 9.97 Å². The zero-order valence-electron chi connectivity index (χ0n) is 8.40. The molecule has 78 valence electrons. The zero-order chi connectivity index (χ0) is 9.80. The van der Waals surface area contributed by atoms with E-state index in [2.05, 4.69) is 9.97 Å². The average molecular weight is 196 g/mol. The van der Waals surface area contributed by atoms with Crippen LogP contribution in [-0.4, -0.2) is 22.9 Å². The monoisotopic (exact) mass is 196 g/mol. The highest BCUT2D eigenvalue weighted by Crippen LogP contribution is 2.20. The van der Waals surface area contributed by atoms with Gasteiger partial charge in [0.15, 0.2) is 6.29 Å². The number of hydrogen-bond donors (Lipinski definition) is 1. The molecule has 2 rings (SSSR count). The molecule has 1 fully saturated rings. The molecule has 0 spiro atoms. The van der Waals surface area contributed by atoms with E-state index in [1.807, 2.05) is 6.92 Å². The normalized spacial score (nSPS) is 24.8. The number of nitrogens with zero attached hydrogens (tertiary/aromatic N) is 1. The molecule has 0 aliphatic carbocycles. The Bertz CT molecular complexity index is 255. The molecule has 1 saturated heterocycles. The third kappa shape index (κ3) is 2.33. The second-order valence-corrected chi connectivity index (χ2v) is 3.55. The number of hydrogen-bond acceptors (Lipinski definition) is 3. The largest absolute Gasteiger partial charge is 0.353 e. The number of aromatic nitrogens is 2. The van der Waals surface area contributed by atoms with Crippen molar-refractivity contribution in [2.24, 2.45) is 0 Å². The van der Waals surface area contributed by atoms with Gasteiger partial charge in [0.2, 0.25) is 0 Å². The molecule has 14 heavy (non-hydrogen) atoms. The predicted molar refractivity (Wildman–Crippen MR) is 51.7 cm³/mol. The third-order valence-corrected chi connectivity index (χ3v) is 2.40. The highest BCUT2D eigenvalue weighted by Gasteiger charge is 2.18. The summed E-state index contributed by atoms with van der Waals surface area (Å²) in [6.45, 7) is 2.80. The molecular weight excluding hydrogens is 180 g/mol. The summed E-state index contributed by atoms with van der Waals surface area (Å²) in [6.07, 6.45) is 6.79. The van der Waals surface area contributed by atoms with Gasteiger partial charge >= 0.3 is 0 Å². The summed E-state index contributed by atoms with van der Waals surface area (Å²) >= 11 is 0. The number of aromatic amines is 1. The molecule has 1 unspecified atom stereocenters. The maximum atomic E-state index is 5.72. The first kappa shape index (κ1) is 9.68. The molecule has 0 saturated carbocycles. The number of imidazole rings is 1. The Morgan fingerprint density at radius 3 is 3.21 bits per heavy atom. The molecule has 0 amide bonds. The van der Waals surface area contributed by atoms with Crippen molar-refractivity contribution >= 4 is 0 Å². The van der Waals surface area contributed by atoms with Gasteiger partial charge < -0.3 is 14.5 Å². The Labute approximate surface area is 83.6 Å². The zero-order valence-corrected chi connectivity index (χ0v) is 8.40. The van der Waals surface area contributed by atoms with Crippen LogP contribution >= 0.6 is 0 Å². The summed E-state index contributed by atoms with van der Waals surface area (Å²) in [7, 11) is 0. The van der Waals surface area contributed by atoms with Crippen molar-refractivity contribution in [3.8, 4) is 0 Å². The average Bonchev–Trinajstić information content (AvgIpc) is 2.72. The molecule has 1 aliphatic rings. The van der Waals surface area contributed by atoms with Gasteiger partial charge in [-0.05, 0) is 26.2 Å². The molecule has 1 aromatic rings. The Morgan fingerprint density at radius 2 is 2.57 bits per heavy atom. The highest BCUT2D eigenvalue weighted by molar-refractivity contribution is 4.90. The quantitative estimate of drug-likeness (QED) is 0.804. The lowest BCUT2D eigenvalue weighted by molar-refractivity contribution is -0.187. The summed E-state index contributed by atoms with van der Waals surface area (Å²) in [4.78, 5) is 7.18. The van der Waals surface area contributed by atoms with Gasteiger partial charge in [-0.2, -0.15) is 0 Å². The maximum absolute atomic E-state index is 5.72. The molecular formula is C10H16N2O2. The fraction of sp³-hybridized carbons (Fsp3) is 0.700. The number of ether oxygens (including phenoxy) is 2. The van der Waals surface area contributed by atoms with Crippen LogP contribution < -0.4 is 0 Å². The van der Waals surface area contributed by atoms with Crippen LogP contribution in [0.5, 0.6) is 0 Å². The first-order chi connectivity index (χ1) is 6.86. The Morgan fingerprint density at radius 1 is 1.64 bits per heavy atom. The third-order valence-electron chi connectivity index (χ3n) is 2.40. The minimum absolute atomic E-state index is 0.0203. The molecule has 0 radical (unpaired) electrons. The smallest absolute Gasteiger partial charge is 0.158 e. The van der Waals surface area contributed by atoms with Crippen molar-refractivity contribution in [3.05, 3.63) is 18.2 Å². The molecule has 4 heteroatoms. The second kappa shape index (κ2) is 4.57. The minimum Gasteiger partial charge on any atom is -0.353 e. The van der Waals surface area contributed by atoms with Crippen LogP contribution in [0, 0.1) is 0 Å². The molecule has 2 heterocycles. The van der Waals surface area contributed by atoms with Crippen molar-refractivity contribution in [2.75, 3.05) is 6.61 Å². The van der Waals surface area contributed by atoms with Gasteiger partial charge in [0, 0.05) is 19.0 Å². The Balaban J connectivity index is 1.84. The van der Waals surface area contributed by atoms with Crippen molar-refractivity contribution in [2.45, 2.75) is 38.6 Å². The van der Waals surface area contributed by atoms with Gasteiger partial charge in [0.1, 0.15) is 11.9 Å². The van der Waals surface area contributed by atoms with Crippen LogP contribution in [0.25, 0.3) is 0 Å². The van der Waals surface area contributed by atoms with Crippen molar-refractivity contribution < 1.29 is 9.47 Å². The standard InChI is InChI=1S/C10H16N2O2/c1-8(10-11-5-6-12-10)14-9-4-2-3-7-13-9/h5-6,8-9H,2-4,7H2,1H3,(H,11,12)/t8-,9?/m1/s1. The van der Waals surface area contributed by atoms with E-state index in [1.165, 1.54) is 6.42 Å². The van der Waals surface area contributed by atoms with E-state index < -0.39 is 0 Å². The van der Waals surface area contributed by atoms with E-state index in [-0.39, 0.29) is 12.4 Å². The van der Waals surface area contributed by atoms with Crippen molar-refractivity contribution in [1.29, 1.82) is 0 Å². The summed E-state index contributed by atoms with van der Waals surface area (Å²) in [6, 6.07) is 0. The number of nitrogens with one attached hydrogen (secondary N) is 1. The number of H-pyrrole nitrogens is 1. The first-order valence-corrected chi connectivity index (χ1v) is 5.12. The van der Waals surface area contributed by atoms with Gasteiger partial charge in [0.25, 0.3) is 0 Å². The fourth-order valence-corrected chi connectivity index (χ4v) is 1.61. The summed E-state index contributed by atoms with van der Waals surface area (Å²) in [5, 5.41) is 0. The lowest BCUT2D eigenvalue weighted by Gasteiger charge is -2.25. The predicted octanol–water partition coefficient (Wildman–Crippen LogP) is 2.01. The Kier molecular flexibility index (Phi) is 3.16. The van der Waals surface area contributed by atoms with Gasteiger partial charge in [-0.3, -0.25) is 0 Å². The van der Waals surface area contributed by atoms with Gasteiger partial charge in [-0.25, -0.2) is 4.98 Å². The first-order valence-electron chi connectivity index (χ1n) is 5.12. The SMILES string of the molecule is C[C@@H](OC1CCCCO1)c1ncc[nH]1. The summed E-state index contributed by atoms with van der Waals surface area (Å²) < 4.78 is 11.2. The van der Waals surface area contributed by atoms with E-state index in [0.29, 0.717) is 0 Å². The van der Waals surface area contributed by atoms with Crippen LogP contribution in [0.2, 0.25) is 0 Å². The van der Waals surface area contributed by atoms with Crippen molar-refractivity contribution in [3.63, 3.8) is 0 Å². The molecule has 4 nitrogen and oxygen atoms in total. The van der Waals surface area contributed by atoms with E-state index in [0.717, 1.165) is 25.3 Å². The highest BCUT2D eigenvalue weighted by atomic mass is 16.7. The second-order valence-electron chi connectivity index (χ2n) is 3.55. The van der Waals surface area contributed by atoms with E-state index in [9.17, 15) is 0 Å². The minimum atomic E-state index is -0.0520. The molecule has 2 atom stereocenters.